The molecule has 6 atom stereocenters. The molecule has 0 radical (unpaired) electrons. The number of aliphatic hydroxyl groups is 1. The van der Waals surface area contributed by atoms with Gasteiger partial charge in [-0.15, -0.1) is 0 Å². The lowest BCUT2D eigenvalue weighted by Gasteiger charge is -2.41. The summed E-state index contributed by atoms with van der Waals surface area (Å²) in [6, 6.07) is 6.64. The molecule has 2 heterocycles. The highest BCUT2D eigenvalue weighted by molar-refractivity contribution is 5.75. The van der Waals surface area contributed by atoms with E-state index in [-0.39, 0.29) is 48.5 Å². The van der Waals surface area contributed by atoms with Crippen LogP contribution in [0.25, 0.3) is 0 Å². The van der Waals surface area contributed by atoms with Crippen LogP contribution in [0.3, 0.4) is 0 Å². The van der Waals surface area contributed by atoms with Crippen LogP contribution in [-0.4, -0.2) is 96.0 Å². The maximum absolute atomic E-state index is 13.4. The number of phenols is 1. The number of fused-ring (bicyclic) bond motifs is 3. The monoisotopic (exact) mass is 741 g/mol. The van der Waals surface area contributed by atoms with Crippen LogP contribution in [0.2, 0.25) is 0 Å². The van der Waals surface area contributed by atoms with E-state index < -0.39 is 18.2 Å². The molecule has 13 heteroatoms. The molecule has 0 aromatic heterocycles. The first-order valence-corrected chi connectivity index (χ1v) is 19.7. The molecule has 53 heavy (non-hydrogen) atoms. The number of aliphatic hydroxyl groups excluding tert-OH is 1. The predicted octanol–water partition coefficient (Wildman–Crippen LogP) is 4.75. The van der Waals surface area contributed by atoms with Crippen molar-refractivity contribution in [2.45, 2.75) is 83.5 Å². The quantitative estimate of drug-likeness (QED) is 0.0787. The van der Waals surface area contributed by atoms with Crippen molar-refractivity contribution in [3.63, 3.8) is 0 Å². The molecular formula is C40H63N5O8. The number of urea groups is 1. The number of benzene rings is 2. The van der Waals surface area contributed by atoms with Gasteiger partial charge in [0.25, 0.3) is 0 Å². The smallest absolute Gasteiger partial charge is 0.315 e. The van der Waals surface area contributed by atoms with Gasteiger partial charge >= 0.3 is 6.03 Å². The van der Waals surface area contributed by atoms with Crippen molar-refractivity contribution in [2.75, 3.05) is 73.4 Å². The molecule has 2 unspecified atom stereocenters. The van der Waals surface area contributed by atoms with Gasteiger partial charge < -0.3 is 60.5 Å². The number of hydrogen-bond acceptors (Lipinski definition) is 11. The van der Waals surface area contributed by atoms with Gasteiger partial charge in [0, 0.05) is 24.3 Å². The third-order valence-corrected chi connectivity index (χ3v) is 10.9. The van der Waals surface area contributed by atoms with Crippen molar-refractivity contribution in [1.29, 1.82) is 0 Å². The summed E-state index contributed by atoms with van der Waals surface area (Å²) in [6.07, 6.45) is 7.96. The SMILES string of the molecule is CCCCNCCCCNCCCNCC(CC)CCCNC(=O)N[C@@H]1c2cc3c(cc2[C@@H](c2cc(OC)c(O)c(OC)c2)[C@H]2C(O)OC[C@@H]21)OCO3. The number of phenolic OH excluding ortho intramolecular Hbond substituents is 1. The Hall–Kier alpha value is -3.49. The number of nitrogens with one attached hydrogen (secondary N) is 5. The molecule has 296 valence electrons. The van der Waals surface area contributed by atoms with E-state index in [1.807, 2.05) is 12.1 Å². The van der Waals surface area contributed by atoms with Crippen LogP contribution in [0.4, 0.5) is 4.79 Å². The Kier molecular flexibility index (Phi) is 16.0. The van der Waals surface area contributed by atoms with Crippen LogP contribution < -0.4 is 45.5 Å². The molecule has 0 bridgehead atoms. The van der Waals surface area contributed by atoms with Gasteiger partial charge in [-0.25, -0.2) is 4.79 Å². The van der Waals surface area contributed by atoms with Gasteiger partial charge in [-0.05, 0) is 125 Å². The van der Waals surface area contributed by atoms with Crippen LogP contribution in [0.15, 0.2) is 24.3 Å². The zero-order valence-electron chi connectivity index (χ0n) is 32.1. The highest BCUT2D eigenvalue weighted by atomic mass is 16.7. The van der Waals surface area contributed by atoms with Crippen LogP contribution >= 0.6 is 0 Å². The molecular weight excluding hydrogens is 678 g/mol. The van der Waals surface area contributed by atoms with Crippen molar-refractivity contribution >= 4 is 6.03 Å². The van der Waals surface area contributed by atoms with Gasteiger partial charge in [0.15, 0.2) is 29.3 Å². The fraction of sp³-hybridized carbons (Fsp3) is 0.675. The van der Waals surface area contributed by atoms with E-state index >= 15 is 0 Å². The van der Waals surface area contributed by atoms with Crippen molar-refractivity contribution in [3.8, 4) is 28.7 Å². The third kappa shape index (κ3) is 10.6. The second kappa shape index (κ2) is 20.8. The Balaban J connectivity index is 1.12. The minimum absolute atomic E-state index is 0.101. The molecule has 13 nitrogen and oxygen atoms in total. The molecule has 0 spiro atoms. The molecule has 2 aromatic carbocycles. The van der Waals surface area contributed by atoms with Gasteiger partial charge in [0.05, 0.1) is 26.9 Å². The Bertz CT molecular complexity index is 1420. The Morgan fingerprint density at radius 3 is 2.15 bits per heavy atom. The Labute approximate surface area is 315 Å². The fourth-order valence-electron chi connectivity index (χ4n) is 7.94. The van der Waals surface area contributed by atoms with E-state index in [4.69, 9.17) is 23.7 Å². The van der Waals surface area contributed by atoms with Gasteiger partial charge in [0.2, 0.25) is 12.5 Å². The van der Waals surface area contributed by atoms with E-state index in [1.54, 1.807) is 12.1 Å². The highest BCUT2D eigenvalue weighted by Crippen LogP contribution is 2.56. The molecule has 2 aromatic rings. The van der Waals surface area contributed by atoms with Gasteiger partial charge in [-0.2, -0.15) is 0 Å². The maximum atomic E-state index is 13.4. The molecule has 5 rings (SSSR count). The van der Waals surface area contributed by atoms with E-state index in [1.165, 1.54) is 39.9 Å². The fourth-order valence-corrected chi connectivity index (χ4v) is 7.94. The molecule has 0 saturated carbocycles. The molecule has 2 amide bonds. The number of unbranched alkanes of at least 4 members (excludes halogenated alkanes) is 2. The van der Waals surface area contributed by atoms with Gasteiger partial charge in [-0.1, -0.05) is 26.7 Å². The average molecular weight is 742 g/mol. The number of methoxy groups -OCH3 is 2. The lowest BCUT2D eigenvalue weighted by molar-refractivity contribution is -0.0855. The first-order chi connectivity index (χ1) is 25.9. The normalized spacial score (nSPS) is 21.9. The number of amides is 2. The van der Waals surface area contributed by atoms with Crippen LogP contribution in [-0.2, 0) is 4.74 Å². The van der Waals surface area contributed by atoms with Crippen molar-refractivity contribution in [2.24, 2.45) is 17.8 Å². The van der Waals surface area contributed by atoms with E-state index in [9.17, 15) is 15.0 Å². The first kappa shape index (κ1) is 40.7. The highest BCUT2D eigenvalue weighted by Gasteiger charge is 2.52. The number of rotatable bonds is 23. The number of carbonyl (C=O) groups is 1. The van der Waals surface area contributed by atoms with E-state index in [0.717, 1.165) is 81.6 Å². The first-order valence-electron chi connectivity index (χ1n) is 19.7. The van der Waals surface area contributed by atoms with E-state index in [2.05, 4.69) is 40.4 Å². The summed E-state index contributed by atoms with van der Waals surface area (Å²) in [5, 5.41) is 38.8. The lowest BCUT2D eigenvalue weighted by atomic mass is 9.65. The van der Waals surface area contributed by atoms with Crippen molar-refractivity contribution in [1.82, 2.24) is 26.6 Å². The molecule has 1 fully saturated rings. The zero-order valence-corrected chi connectivity index (χ0v) is 32.1. The summed E-state index contributed by atoms with van der Waals surface area (Å²) in [4.78, 5) is 13.4. The zero-order chi connectivity index (χ0) is 37.6. The average Bonchev–Trinajstić information content (AvgIpc) is 3.79. The predicted molar refractivity (Wildman–Crippen MR) is 204 cm³/mol. The molecule has 1 aliphatic carbocycles. The lowest BCUT2D eigenvalue weighted by Crippen LogP contribution is -2.46. The summed E-state index contributed by atoms with van der Waals surface area (Å²) in [5.41, 5.74) is 2.49. The molecule has 3 aliphatic rings. The van der Waals surface area contributed by atoms with Gasteiger partial charge in [-0.3, -0.25) is 0 Å². The number of carbonyl (C=O) groups excluding carboxylic acids is 1. The van der Waals surface area contributed by atoms with Crippen LogP contribution in [0, 0.1) is 17.8 Å². The van der Waals surface area contributed by atoms with Crippen molar-refractivity contribution in [3.05, 3.63) is 41.0 Å². The minimum Gasteiger partial charge on any atom is -0.502 e. The molecule has 7 N–H and O–H groups in total. The summed E-state index contributed by atoms with van der Waals surface area (Å²) in [6.45, 7) is 11.7. The number of aromatic hydroxyl groups is 1. The largest absolute Gasteiger partial charge is 0.502 e. The Morgan fingerprint density at radius 2 is 1.49 bits per heavy atom. The van der Waals surface area contributed by atoms with Gasteiger partial charge in [0.1, 0.15) is 0 Å². The number of hydrogen-bond donors (Lipinski definition) is 7. The second-order valence-electron chi connectivity index (χ2n) is 14.5. The van der Waals surface area contributed by atoms with Crippen LogP contribution in [0.1, 0.15) is 93.9 Å². The number of ether oxygens (including phenoxy) is 5. The molecule has 1 saturated heterocycles. The standard InChI is InChI=1S/C40H63N5O8/c1-5-7-13-41-14-8-9-15-42-16-11-17-43-23-26(6-2)12-10-18-44-40(48)45-37-29-22-32-31(52-25-53-32)21-28(29)35(36-30(37)24-51-39(36)47)27-19-33(49-3)38(46)34(20-27)50-4/h19-22,26,30,35-37,39,41-43,46-47H,5-18,23-25H2,1-4H3,(H2,44,45,48)/t26?,30-,35+,36-,37+,39?/m0/s1. The topological polar surface area (TPSA) is 164 Å². The van der Waals surface area contributed by atoms with Crippen molar-refractivity contribution < 1.29 is 38.7 Å². The Morgan fingerprint density at radius 1 is 0.849 bits per heavy atom. The summed E-state index contributed by atoms with van der Waals surface area (Å²) < 4.78 is 28.3. The summed E-state index contributed by atoms with van der Waals surface area (Å²) >= 11 is 0. The molecule has 2 aliphatic heterocycles. The summed E-state index contributed by atoms with van der Waals surface area (Å²) in [5.74, 6) is 1.11. The van der Waals surface area contributed by atoms with E-state index in [0.29, 0.717) is 24.0 Å². The minimum atomic E-state index is -1.08. The third-order valence-electron chi connectivity index (χ3n) is 10.9. The maximum Gasteiger partial charge on any atom is 0.315 e. The second-order valence-corrected chi connectivity index (χ2v) is 14.5. The summed E-state index contributed by atoms with van der Waals surface area (Å²) in [7, 11) is 2.97. The van der Waals surface area contributed by atoms with Crippen LogP contribution in [0.5, 0.6) is 28.7 Å².